The number of hydrogen-bond acceptors (Lipinski definition) is 6. The molecule has 6 nitrogen and oxygen atoms in total. The molecule has 1 saturated heterocycles. The van der Waals surface area contributed by atoms with Gasteiger partial charge in [0.1, 0.15) is 11.8 Å². The molecule has 1 fully saturated rings. The van der Waals surface area contributed by atoms with Crippen LogP contribution in [0.25, 0.3) is 11.4 Å². The summed E-state index contributed by atoms with van der Waals surface area (Å²) in [6.07, 6.45) is 2.86. The van der Waals surface area contributed by atoms with Gasteiger partial charge in [-0.05, 0) is 42.8 Å². The molecular formula is C19H19N3O3S. The Morgan fingerprint density at radius 3 is 3.04 bits per heavy atom. The number of aromatic nitrogens is 2. The topological polar surface area (TPSA) is 68.5 Å². The second-order valence-electron chi connectivity index (χ2n) is 6.18. The van der Waals surface area contributed by atoms with Gasteiger partial charge >= 0.3 is 0 Å². The Morgan fingerprint density at radius 1 is 1.31 bits per heavy atom. The number of rotatable bonds is 4. The van der Waals surface area contributed by atoms with Crippen LogP contribution < -0.4 is 4.74 Å². The molecule has 1 aromatic carbocycles. The van der Waals surface area contributed by atoms with Crippen LogP contribution in [0.5, 0.6) is 5.75 Å². The van der Waals surface area contributed by atoms with Gasteiger partial charge in [-0.1, -0.05) is 23.4 Å². The molecule has 1 amide bonds. The Hall–Kier alpha value is -2.67. The first kappa shape index (κ1) is 16.8. The van der Waals surface area contributed by atoms with Crippen LogP contribution in [-0.2, 0) is 0 Å². The van der Waals surface area contributed by atoms with Crippen LogP contribution in [0.15, 0.2) is 46.3 Å². The molecule has 3 aromatic rings. The van der Waals surface area contributed by atoms with Crippen LogP contribution in [0.4, 0.5) is 0 Å². The Morgan fingerprint density at radius 2 is 2.23 bits per heavy atom. The van der Waals surface area contributed by atoms with Gasteiger partial charge in [0.15, 0.2) is 0 Å². The van der Waals surface area contributed by atoms with E-state index in [2.05, 4.69) is 10.1 Å². The summed E-state index contributed by atoms with van der Waals surface area (Å²) in [6, 6.07) is 11.1. The predicted octanol–water partition coefficient (Wildman–Crippen LogP) is 4.17. The lowest BCUT2D eigenvalue weighted by molar-refractivity contribution is 0.0566. The number of thiophene rings is 1. The van der Waals surface area contributed by atoms with E-state index in [1.165, 1.54) is 11.3 Å². The number of likely N-dealkylation sites (tertiary alicyclic amines) is 1. The van der Waals surface area contributed by atoms with E-state index in [-0.39, 0.29) is 11.9 Å². The zero-order valence-corrected chi connectivity index (χ0v) is 15.2. The molecule has 1 atom stereocenters. The van der Waals surface area contributed by atoms with Crippen molar-refractivity contribution in [3.63, 3.8) is 0 Å². The SMILES string of the molecule is COc1cccc(-c2noc([C@@H]3CCCCN3C(=O)c3cccs3)n2)c1. The Bertz CT molecular complexity index is 891. The van der Waals surface area contributed by atoms with Crippen LogP contribution in [0.3, 0.4) is 0 Å². The molecule has 0 saturated carbocycles. The number of piperidine rings is 1. The van der Waals surface area contributed by atoms with Crippen LogP contribution in [0.2, 0.25) is 0 Å². The molecule has 26 heavy (non-hydrogen) atoms. The molecule has 7 heteroatoms. The quantitative estimate of drug-likeness (QED) is 0.690. The van der Waals surface area contributed by atoms with Crippen LogP contribution in [0, 0.1) is 0 Å². The molecule has 0 spiro atoms. The smallest absolute Gasteiger partial charge is 0.264 e. The van der Waals surface area contributed by atoms with E-state index in [4.69, 9.17) is 9.26 Å². The number of carbonyl (C=O) groups is 1. The van der Waals surface area contributed by atoms with Gasteiger partial charge in [0.2, 0.25) is 11.7 Å². The fraction of sp³-hybridized carbons (Fsp3) is 0.316. The standard InChI is InChI=1S/C19H19N3O3S/c1-24-14-7-4-6-13(12-14)17-20-18(25-21-17)15-8-2-3-10-22(15)19(23)16-9-5-11-26-16/h4-7,9,11-12,15H,2-3,8,10H2,1H3/t15-/m0/s1. The van der Waals surface area contributed by atoms with E-state index in [1.807, 2.05) is 46.7 Å². The van der Waals surface area contributed by atoms with Crippen molar-refractivity contribution < 1.29 is 14.1 Å². The van der Waals surface area contributed by atoms with E-state index in [0.717, 1.165) is 35.5 Å². The molecule has 1 aliphatic heterocycles. The molecule has 2 aromatic heterocycles. The second kappa shape index (κ2) is 7.29. The number of nitrogens with zero attached hydrogens (tertiary/aromatic N) is 3. The number of hydrogen-bond donors (Lipinski definition) is 0. The Balaban J connectivity index is 1.61. The lowest BCUT2D eigenvalue weighted by atomic mass is 10.0. The van der Waals surface area contributed by atoms with Crippen molar-refractivity contribution in [3.8, 4) is 17.1 Å². The molecule has 4 rings (SSSR count). The maximum absolute atomic E-state index is 12.8. The molecule has 0 radical (unpaired) electrons. The first-order valence-corrected chi connectivity index (χ1v) is 9.47. The third kappa shape index (κ3) is 3.22. The van der Waals surface area contributed by atoms with E-state index >= 15 is 0 Å². The average molecular weight is 369 g/mol. The summed E-state index contributed by atoms with van der Waals surface area (Å²) in [5.74, 6) is 1.77. The van der Waals surface area contributed by atoms with Crippen molar-refractivity contribution in [2.75, 3.05) is 13.7 Å². The van der Waals surface area contributed by atoms with Crippen LogP contribution >= 0.6 is 11.3 Å². The van der Waals surface area contributed by atoms with E-state index < -0.39 is 0 Å². The van der Waals surface area contributed by atoms with Gasteiger partial charge < -0.3 is 14.2 Å². The maximum atomic E-state index is 12.8. The highest BCUT2D eigenvalue weighted by Gasteiger charge is 2.33. The Kier molecular flexibility index (Phi) is 4.71. The van der Waals surface area contributed by atoms with E-state index in [0.29, 0.717) is 18.3 Å². The van der Waals surface area contributed by atoms with Gasteiger partial charge in [-0.25, -0.2) is 0 Å². The fourth-order valence-corrected chi connectivity index (χ4v) is 3.90. The molecule has 0 bridgehead atoms. The van der Waals surface area contributed by atoms with Crippen molar-refractivity contribution in [3.05, 3.63) is 52.5 Å². The van der Waals surface area contributed by atoms with Gasteiger partial charge in [-0.15, -0.1) is 11.3 Å². The molecule has 1 aliphatic rings. The summed E-state index contributed by atoms with van der Waals surface area (Å²) < 4.78 is 10.8. The van der Waals surface area contributed by atoms with E-state index in [9.17, 15) is 4.79 Å². The number of amides is 1. The monoisotopic (exact) mass is 369 g/mol. The highest BCUT2D eigenvalue weighted by atomic mass is 32.1. The summed E-state index contributed by atoms with van der Waals surface area (Å²) in [5, 5.41) is 6.03. The minimum atomic E-state index is -0.176. The van der Waals surface area contributed by atoms with E-state index in [1.54, 1.807) is 7.11 Å². The lowest BCUT2D eigenvalue weighted by Gasteiger charge is -2.33. The highest BCUT2D eigenvalue weighted by molar-refractivity contribution is 7.12. The molecule has 134 valence electrons. The lowest BCUT2D eigenvalue weighted by Crippen LogP contribution is -2.38. The molecule has 0 N–H and O–H groups in total. The van der Waals surface area contributed by atoms with Gasteiger partial charge in [0, 0.05) is 12.1 Å². The molecule has 3 heterocycles. The maximum Gasteiger partial charge on any atom is 0.264 e. The van der Waals surface area contributed by atoms with Crippen molar-refractivity contribution >= 4 is 17.2 Å². The first-order chi connectivity index (χ1) is 12.8. The van der Waals surface area contributed by atoms with Crippen LogP contribution in [0.1, 0.15) is 40.9 Å². The van der Waals surface area contributed by atoms with Gasteiger partial charge in [-0.2, -0.15) is 4.98 Å². The summed E-state index contributed by atoms with van der Waals surface area (Å²) in [7, 11) is 1.62. The zero-order chi connectivity index (χ0) is 17.9. The molecular weight excluding hydrogens is 350 g/mol. The summed E-state index contributed by atoms with van der Waals surface area (Å²) >= 11 is 1.46. The van der Waals surface area contributed by atoms with Gasteiger partial charge in [-0.3, -0.25) is 4.79 Å². The average Bonchev–Trinajstić information content (AvgIpc) is 3.39. The highest BCUT2D eigenvalue weighted by Crippen LogP contribution is 2.33. The van der Waals surface area contributed by atoms with Gasteiger partial charge in [0.05, 0.1) is 12.0 Å². The van der Waals surface area contributed by atoms with Crippen molar-refractivity contribution in [2.45, 2.75) is 25.3 Å². The molecule has 0 unspecified atom stereocenters. The first-order valence-electron chi connectivity index (χ1n) is 8.59. The second-order valence-corrected chi connectivity index (χ2v) is 7.12. The zero-order valence-electron chi connectivity index (χ0n) is 14.4. The third-order valence-corrected chi connectivity index (χ3v) is 5.41. The van der Waals surface area contributed by atoms with Crippen LogP contribution in [-0.4, -0.2) is 34.6 Å². The normalized spacial score (nSPS) is 17.3. The number of benzene rings is 1. The van der Waals surface area contributed by atoms with Crippen molar-refractivity contribution in [2.24, 2.45) is 0 Å². The minimum Gasteiger partial charge on any atom is -0.497 e. The summed E-state index contributed by atoms with van der Waals surface area (Å²) in [6.45, 7) is 0.707. The molecule has 0 aliphatic carbocycles. The number of methoxy groups -OCH3 is 1. The predicted molar refractivity (Wildman–Crippen MR) is 98.2 cm³/mol. The number of ether oxygens (including phenoxy) is 1. The summed E-state index contributed by atoms with van der Waals surface area (Å²) in [5.41, 5.74) is 0.825. The largest absolute Gasteiger partial charge is 0.497 e. The number of carbonyl (C=O) groups excluding carboxylic acids is 1. The summed E-state index contributed by atoms with van der Waals surface area (Å²) in [4.78, 5) is 20.0. The minimum absolute atomic E-state index is 0.0332. The fourth-order valence-electron chi connectivity index (χ4n) is 3.22. The Labute approximate surface area is 155 Å². The van der Waals surface area contributed by atoms with Crippen molar-refractivity contribution in [1.29, 1.82) is 0 Å². The van der Waals surface area contributed by atoms with Gasteiger partial charge in [0.25, 0.3) is 5.91 Å². The third-order valence-electron chi connectivity index (χ3n) is 4.55. The van der Waals surface area contributed by atoms with Crippen molar-refractivity contribution in [1.82, 2.24) is 15.0 Å².